The summed E-state index contributed by atoms with van der Waals surface area (Å²) in [6.45, 7) is 0.882. The molecule has 7 nitrogen and oxygen atoms in total. The van der Waals surface area contributed by atoms with Crippen LogP contribution in [0, 0.1) is 0 Å². The Morgan fingerprint density at radius 2 is 1.96 bits per heavy atom. The second-order valence-electron chi connectivity index (χ2n) is 6.45. The summed E-state index contributed by atoms with van der Waals surface area (Å²) in [4.78, 5) is 17.1. The number of fused-ring (bicyclic) bond motifs is 3. The molecule has 2 aliphatic rings. The molecule has 0 saturated carbocycles. The van der Waals surface area contributed by atoms with Gasteiger partial charge < -0.3 is 24.5 Å². The molecule has 0 bridgehead atoms. The molecule has 0 fully saturated rings. The topological polar surface area (TPSA) is 85.6 Å². The Hall–Kier alpha value is -2.70. The first-order chi connectivity index (χ1) is 12.1. The van der Waals surface area contributed by atoms with E-state index in [4.69, 9.17) is 14.5 Å². The molecule has 7 heteroatoms. The van der Waals surface area contributed by atoms with Gasteiger partial charge in [0, 0.05) is 25.3 Å². The summed E-state index contributed by atoms with van der Waals surface area (Å²) >= 11 is 0. The third-order valence-corrected chi connectivity index (χ3v) is 4.99. The first kappa shape index (κ1) is 15.8. The zero-order valence-electron chi connectivity index (χ0n) is 14.3. The second-order valence-corrected chi connectivity index (χ2v) is 6.45. The number of benzene rings is 1. The minimum atomic E-state index is -0.190. The van der Waals surface area contributed by atoms with Crippen molar-refractivity contribution in [1.82, 2.24) is 9.55 Å². The fourth-order valence-electron chi connectivity index (χ4n) is 3.73. The predicted molar refractivity (Wildman–Crippen MR) is 91.5 cm³/mol. The van der Waals surface area contributed by atoms with Gasteiger partial charge in [-0.3, -0.25) is 4.79 Å². The highest BCUT2D eigenvalue weighted by Crippen LogP contribution is 2.44. The Labute approximate surface area is 145 Å². The van der Waals surface area contributed by atoms with Gasteiger partial charge in [-0.1, -0.05) is 0 Å². The number of aryl methyl sites for hydroxylation is 1. The van der Waals surface area contributed by atoms with E-state index in [2.05, 4.69) is 9.88 Å². The molecule has 0 radical (unpaired) electrons. The van der Waals surface area contributed by atoms with E-state index in [1.165, 1.54) is 14.2 Å². The molecule has 2 aliphatic heterocycles. The highest BCUT2D eigenvalue weighted by Gasteiger charge is 2.34. The number of phenolic OH excluding ortho intramolecular Hbond substituents is 1. The van der Waals surface area contributed by atoms with E-state index in [1.54, 1.807) is 12.1 Å². The van der Waals surface area contributed by atoms with Crippen molar-refractivity contribution in [3.8, 4) is 17.2 Å². The fraction of sp³-hybridized carbons (Fsp3) is 0.444. The first-order valence-corrected chi connectivity index (χ1v) is 8.46. The van der Waals surface area contributed by atoms with Crippen LogP contribution in [0.25, 0.3) is 0 Å². The van der Waals surface area contributed by atoms with E-state index in [1.807, 2.05) is 0 Å². The van der Waals surface area contributed by atoms with Gasteiger partial charge in [-0.15, -0.1) is 0 Å². The number of hydrogen-bond donors (Lipinski definition) is 2. The molecule has 0 spiro atoms. The average molecular weight is 343 g/mol. The van der Waals surface area contributed by atoms with Gasteiger partial charge in [0.05, 0.1) is 19.9 Å². The van der Waals surface area contributed by atoms with Crippen LogP contribution in [-0.4, -0.2) is 34.8 Å². The second kappa shape index (κ2) is 5.98. The van der Waals surface area contributed by atoms with Crippen LogP contribution in [-0.2, 0) is 17.8 Å². The standard InChI is InChI=1S/C18H21N3O4/c1-24-12-7-10(8-13(25-2)17(12)23)11-9-15(22)20-18-16(11)19-14-5-3-4-6-21(14)18/h7-8,11,23H,3-6,9H2,1-2H3,(H,20,22). The van der Waals surface area contributed by atoms with Crippen molar-refractivity contribution >= 4 is 11.7 Å². The lowest BCUT2D eigenvalue weighted by molar-refractivity contribution is -0.116. The van der Waals surface area contributed by atoms with Gasteiger partial charge in [0.25, 0.3) is 0 Å². The molecule has 0 aliphatic carbocycles. The Kier molecular flexibility index (Phi) is 3.78. The maximum atomic E-state index is 12.3. The number of aromatic nitrogens is 2. The van der Waals surface area contributed by atoms with Gasteiger partial charge in [-0.25, -0.2) is 4.98 Å². The number of carbonyl (C=O) groups is 1. The summed E-state index contributed by atoms with van der Waals surface area (Å²) < 4.78 is 12.6. The van der Waals surface area contributed by atoms with E-state index in [-0.39, 0.29) is 17.6 Å². The van der Waals surface area contributed by atoms with Crippen molar-refractivity contribution in [2.24, 2.45) is 0 Å². The molecule has 2 aromatic rings. The first-order valence-electron chi connectivity index (χ1n) is 8.46. The maximum Gasteiger partial charge on any atom is 0.226 e. The number of aromatic hydroxyl groups is 1. The molecular formula is C18H21N3O4. The Bertz CT molecular complexity index is 818. The third kappa shape index (κ3) is 2.50. The molecule has 132 valence electrons. The smallest absolute Gasteiger partial charge is 0.226 e. The number of rotatable bonds is 3. The Morgan fingerprint density at radius 3 is 2.64 bits per heavy atom. The van der Waals surface area contributed by atoms with Gasteiger partial charge in [-0.2, -0.15) is 0 Å². The molecule has 3 heterocycles. The molecule has 1 atom stereocenters. The van der Waals surface area contributed by atoms with Crippen LogP contribution in [0.4, 0.5) is 5.82 Å². The lowest BCUT2D eigenvalue weighted by Gasteiger charge is -2.24. The van der Waals surface area contributed by atoms with Gasteiger partial charge in [-0.05, 0) is 30.5 Å². The summed E-state index contributed by atoms with van der Waals surface area (Å²) in [5.41, 5.74) is 1.73. The zero-order valence-corrected chi connectivity index (χ0v) is 14.3. The van der Waals surface area contributed by atoms with Crippen LogP contribution in [0.2, 0.25) is 0 Å². The normalized spacial score (nSPS) is 19.0. The molecule has 25 heavy (non-hydrogen) atoms. The maximum absolute atomic E-state index is 12.3. The summed E-state index contributed by atoms with van der Waals surface area (Å²) in [6.07, 6.45) is 3.45. The monoisotopic (exact) mass is 343 g/mol. The van der Waals surface area contributed by atoms with Crippen LogP contribution in [0.5, 0.6) is 17.2 Å². The summed E-state index contributed by atoms with van der Waals surface area (Å²) in [5.74, 6) is 2.22. The summed E-state index contributed by atoms with van der Waals surface area (Å²) in [7, 11) is 2.99. The molecule has 2 N–H and O–H groups in total. The molecule has 1 aromatic heterocycles. The van der Waals surface area contributed by atoms with Crippen molar-refractivity contribution in [2.45, 2.75) is 38.1 Å². The Morgan fingerprint density at radius 1 is 1.24 bits per heavy atom. The highest BCUT2D eigenvalue weighted by molar-refractivity contribution is 5.94. The number of nitrogens with one attached hydrogen (secondary N) is 1. The molecule has 0 saturated heterocycles. The van der Waals surface area contributed by atoms with E-state index in [9.17, 15) is 9.90 Å². The van der Waals surface area contributed by atoms with E-state index >= 15 is 0 Å². The number of nitrogens with zero attached hydrogens (tertiary/aromatic N) is 2. The molecule has 4 rings (SSSR count). The van der Waals surface area contributed by atoms with Gasteiger partial charge in [0.1, 0.15) is 11.6 Å². The number of anilines is 1. The van der Waals surface area contributed by atoms with Crippen molar-refractivity contribution < 1.29 is 19.4 Å². The van der Waals surface area contributed by atoms with Crippen molar-refractivity contribution in [2.75, 3.05) is 19.5 Å². The number of amides is 1. The third-order valence-electron chi connectivity index (χ3n) is 4.99. The SMILES string of the molecule is COc1cc(C2CC(=O)Nc3c2nc2n3CCCC2)cc(OC)c1O. The van der Waals surface area contributed by atoms with E-state index in [0.717, 1.165) is 48.7 Å². The largest absolute Gasteiger partial charge is 0.502 e. The molecule has 1 unspecified atom stereocenters. The van der Waals surface area contributed by atoms with Crippen LogP contribution >= 0.6 is 0 Å². The van der Waals surface area contributed by atoms with Crippen molar-refractivity contribution in [3.05, 3.63) is 29.2 Å². The van der Waals surface area contributed by atoms with Gasteiger partial charge in [0.15, 0.2) is 11.5 Å². The van der Waals surface area contributed by atoms with E-state index < -0.39 is 0 Å². The summed E-state index contributed by atoms with van der Waals surface area (Å²) in [5, 5.41) is 13.1. The van der Waals surface area contributed by atoms with Crippen LogP contribution in [0.15, 0.2) is 12.1 Å². The highest BCUT2D eigenvalue weighted by atomic mass is 16.5. The minimum absolute atomic E-state index is 0.0308. The lowest BCUT2D eigenvalue weighted by Crippen LogP contribution is -2.25. The lowest BCUT2D eigenvalue weighted by atomic mass is 9.89. The molecule has 1 aromatic carbocycles. The van der Waals surface area contributed by atoms with Crippen LogP contribution in [0.1, 0.15) is 42.3 Å². The number of ether oxygens (including phenoxy) is 2. The summed E-state index contributed by atoms with van der Waals surface area (Å²) in [6, 6.07) is 3.51. The predicted octanol–water partition coefficient (Wildman–Crippen LogP) is 2.42. The minimum Gasteiger partial charge on any atom is -0.502 e. The number of phenols is 1. The van der Waals surface area contributed by atoms with Gasteiger partial charge in [0.2, 0.25) is 11.7 Å². The Balaban J connectivity index is 1.85. The van der Waals surface area contributed by atoms with Crippen molar-refractivity contribution in [3.63, 3.8) is 0 Å². The number of imidazole rings is 1. The molecule has 1 amide bonds. The number of carbonyl (C=O) groups excluding carboxylic acids is 1. The zero-order chi connectivity index (χ0) is 17.6. The quantitative estimate of drug-likeness (QED) is 0.894. The van der Waals surface area contributed by atoms with Gasteiger partial charge >= 0.3 is 0 Å². The van der Waals surface area contributed by atoms with E-state index in [0.29, 0.717) is 17.9 Å². The van der Waals surface area contributed by atoms with Crippen LogP contribution < -0.4 is 14.8 Å². The number of hydrogen-bond acceptors (Lipinski definition) is 5. The fourth-order valence-corrected chi connectivity index (χ4v) is 3.73. The number of methoxy groups -OCH3 is 2. The average Bonchev–Trinajstić information content (AvgIpc) is 3.00. The van der Waals surface area contributed by atoms with Crippen LogP contribution in [0.3, 0.4) is 0 Å². The van der Waals surface area contributed by atoms with Crippen molar-refractivity contribution in [1.29, 1.82) is 0 Å². The molecular weight excluding hydrogens is 322 g/mol.